The second kappa shape index (κ2) is 6.89. The lowest BCUT2D eigenvalue weighted by atomic mass is 9.82. The Labute approximate surface area is 127 Å². The monoisotopic (exact) mass is 290 g/mol. The van der Waals surface area contributed by atoms with Crippen molar-refractivity contribution in [1.29, 1.82) is 0 Å². The molecule has 21 heavy (non-hydrogen) atoms. The van der Waals surface area contributed by atoms with Crippen LogP contribution in [0.5, 0.6) is 0 Å². The smallest absolute Gasteiger partial charge is 0.127 e. The molecule has 0 radical (unpaired) electrons. The van der Waals surface area contributed by atoms with Gasteiger partial charge in [-0.15, -0.1) is 0 Å². The van der Waals surface area contributed by atoms with Gasteiger partial charge in [0, 0.05) is 37.3 Å². The van der Waals surface area contributed by atoms with Gasteiger partial charge in [-0.1, -0.05) is 37.5 Å². The number of nitrogens with one attached hydrogen (secondary N) is 1. The van der Waals surface area contributed by atoms with Crippen LogP contribution in [0.3, 0.4) is 0 Å². The zero-order valence-corrected chi connectivity index (χ0v) is 13.0. The highest BCUT2D eigenvalue weighted by atomic mass is 19.1. The third kappa shape index (κ3) is 3.64. The molecule has 1 heterocycles. The lowest BCUT2D eigenvalue weighted by Gasteiger charge is -2.43. The summed E-state index contributed by atoms with van der Waals surface area (Å²) in [5.74, 6) is 0.742. The maximum atomic E-state index is 13.9. The van der Waals surface area contributed by atoms with Crippen LogP contribution in [0.4, 0.5) is 4.39 Å². The maximum Gasteiger partial charge on any atom is 0.127 e. The molecular formula is C18H27FN2. The highest BCUT2D eigenvalue weighted by molar-refractivity contribution is 5.17. The molecule has 0 aromatic heterocycles. The molecule has 2 atom stereocenters. The summed E-state index contributed by atoms with van der Waals surface area (Å²) in [4.78, 5) is 2.45. The van der Waals surface area contributed by atoms with Crippen molar-refractivity contribution in [1.82, 2.24) is 10.2 Å². The van der Waals surface area contributed by atoms with Crippen molar-refractivity contribution in [3.63, 3.8) is 0 Å². The van der Waals surface area contributed by atoms with Crippen LogP contribution >= 0.6 is 0 Å². The van der Waals surface area contributed by atoms with Gasteiger partial charge < -0.3 is 5.32 Å². The minimum absolute atomic E-state index is 0.0718. The van der Waals surface area contributed by atoms with E-state index in [0.717, 1.165) is 31.1 Å². The highest BCUT2D eigenvalue weighted by Crippen LogP contribution is 2.29. The van der Waals surface area contributed by atoms with E-state index in [4.69, 9.17) is 0 Å². The summed E-state index contributed by atoms with van der Waals surface area (Å²) in [5, 5.41) is 3.73. The summed E-state index contributed by atoms with van der Waals surface area (Å²) < 4.78 is 13.9. The molecule has 1 saturated carbocycles. The van der Waals surface area contributed by atoms with E-state index in [1.807, 2.05) is 12.1 Å². The average molecular weight is 290 g/mol. The molecule has 1 saturated heterocycles. The predicted octanol–water partition coefficient (Wildman–Crippen LogP) is 3.57. The van der Waals surface area contributed by atoms with Crippen LogP contribution < -0.4 is 5.32 Å². The summed E-state index contributed by atoms with van der Waals surface area (Å²) in [5.41, 5.74) is 0.827. The first-order chi connectivity index (χ1) is 10.2. The topological polar surface area (TPSA) is 15.3 Å². The predicted molar refractivity (Wildman–Crippen MR) is 84.6 cm³/mol. The third-order valence-electron chi connectivity index (χ3n) is 5.28. The van der Waals surface area contributed by atoms with Crippen LogP contribution in [0.15, 0.2) is 24.3 Å². The van der Waals surface area contributed by atoms with E-state index >= 15 is 0 Å². The summed E-state index contributed by atoms with van der Waals surface area (Å²) in [6.07, 6.45) is 6.88. The van der Waals surface area contributed by atoms with E-state index in [9.17, 15) is 4.39 Å². The molecule has 1 N–H and O–H groups in total. The Morgan fingerprint density at radius 1 is 1.19 bits per heavy atom. The fourth-order valence-electron chi connectivity index (χ4n) is 3.87. The van der Waals surface area contributed by atoms with E-state index < -0.39 is 0 Å². The number of rotatable bonds is 3. The van der Waals surface area contributed by atoms with E-state index in [0.29, 0.717) is 12.1 Å². The SMILES string of the molecule is CC1CNC(C2CCCCC2)CN1Cc1ccccc1F. The number of piperazine rings is 1. The Morgan fingerprint density at radius 3 is 2.71 bits per heavy atom. The van der Waals surface area contributed by atoms with Crippen LogP contribution in [0, 0.1) is 11.7 Å². The minimum Gasteiger partial charge on any atom is -0.311 e. The Morgan fingerprint density at radius 2 is 1.95 bits per heavy atom. The van der Waals surface area contributed by atoms with Gasteiger partial charge in [0.15, 0.2) is 0 Å². The molecule has 2 unspecified atom stereocenters. The molecule has 1 aliphatic carbocycles. The molecule has 1 aliphatic heterocycles. The van der Waals surface area contributed by atoms with Gasteiger partial charge in [-0.05, 0) is 31.7 Å². The Bertz CT molecular complexity index is 456. The van der Waals surface area contributed by atoms with Crippen LogP contribution in [0.25, 0.3) is 0 Å². The second-order valence-electron chi connectivity index (χ2n) is 6.78. The van der Waals surface area contributed by atoms with E-state index in [2.05, 4.69) is 17.1 Å². The normalized spacial score (nSPS) is 28.7. The lowest BCUT2D eigenvalue weighted by molar-refractivity contribution is 0.0971. The molecule has 2 nitrogen and oxygen atoms in total. The Balaban J connectivity index is 1.64. The first kappa shape index (κ1) is 15.0. The number of benzene rings is 1. The van der Waals surface area contributed by atoms with Gasteiger partial charge >= 0.3 is 0 Å². The molecule has 0 bridgehead atoms. The van der Waals surface area contributed by atoms with E-state index in [1.54, 1.807) is 12.1 Å². The largest absolute Gasteiger partial charge is 0.311 e. The van der Waals surface area contributed by atoms with Crippen LogP contribution in [0.2, 0.25) is 0 Å². The van der Waals surface area contributed by atoms with E-state index in [1.165, 1.54) is 32.1 Å². The molecular weight excluding hydrogens is 263 g/mol. The van der Waals surface area contributed by atoms with Crippen molar-refractivity contribution in [2.45, 2.75) is 57.7 Å². The van der Waals surface area contributed by atoms with Gasteiger partial charge in [-0.2, -0.15) is 0 Å². The van der Waals surface area contributed by atoms with Crippen molar-refractivity contribution < 1.29 is 4.39 Å². The molecule has 1 aromatic carbocycles. The summed E-state index contributed by atoms with van der Waals surface area (Å²) in [6.45, 7) is 5.06. The summed E-state index contributed by atoms with van der Waals surface area (Å²) in [6, 6.07) is 8.26. The van der Waals surface area contributed by atoms with Crippen molar-refractivity contribution in [2.75, 3.05) is 13.1 Å². The van der Waals surface area contributed by atoms with Crippen molar-refractivity contribution >= 4 is 0 Å². The highest BCUT2D eigenvalue weighted by Gasteiger charge is 2.31. The molecule has 3 rings (SSSR count). The fraction of sp³-hybridized carbons (Fsp3) is 0.667. The number of hydrogen-bond donors (Lipinski definition) is 1. The fourth-order valence-corrected chi connectivity index (χ4v) is 3.87. The summed E-state index contributed by atoms with van der Waals surface area (Å²) in [7, 11) is 0. The standard InChI is InChI=1S/C18H27FN2/c1-14-11-20-18(15-7-3-2-4-8-15)13-21(14)12-16-9-5-6-10-17(16)19/h5-6,9-10,14-15,18,20H,2-4,7-8,11-13H2,1H3. The van der Waals surface area contributed by atoms with Gasteiger partial charge in [0.25, 0.3) is 0 Å². The number of halogens is 1. The van der Waals surface area contributed by atoms with Gasteiger partial charge in [0.1, 0.15) is 5.82 Å². The summed E-state index contributed by atoms with van der Waals surface area (Å²) >= 11 is 0. The van der Waals surface area contributed by atoms with E-state index in [-0.39, 0.29) is 5.82 Å². The third-order valence-corrected chi connectivity index (χ3v) is 5.28. The molecule has 2 fully saturated rings. The first-order valence-electron chi connectivity index (χ1n) is 8.45. The van der Waals surface area contributed by atoms with Crippen LogP contribution in [-0.2, 0) is 6.54 Å². The molecule has 1 aromatic rings. The number of nitrogens with zero attached hydrogens (tertiary/aromatic N) is 1. The van der Waals surface area contributed by atoms with Crippen molar-refractivity contribution in [3.05, 3.63) is 35.6 Å². The second-order valence-corrected chi connectivity index (χ2v) is 6.78. The zero-order valence-electron chi connectivity index (χ0n) is 13.0. The molecule has 0 amide bonds. The van der Waals surface area contributed by atoms with Gasteiger partial charge in [0.05, 0.1) is 0 Å². The van der Waals surface area contributed by atoms with Crippen LogP contribution in [-0.4, -0.2) is 30.1 Å². The molecule has 116 valence electrons. The van der Waals surface area contributed by atoms with Gasteiger partial charge in [-0.3, -0.25) is 4.90 Å². The maximum absolute atomic E-state index is 13.9. The van der Waals surface area contributed by atoms with Crippen molar-refractivity contribution in [2.24, 2.45) is 5.92 Å². The van der Waals surface area contributed by atoms with Gasteiger partial charge in [0.2, 0.25) is 0 Å². The Kier molecular flexibility index (Phi) is 4.91. The quantitative estimate of drug-likeness (QED) is 0.915. The first-order valence-corrected chi connectivity index (χ1v) is 8.45. The lowest BCUT2D eigenvalue weighted by Crippen LogP contribution is -2.57. The Hall–Kier alpha value is -0.930. The minimum atomic E-state index is -0.0718. The zero-order chi connectivity index (χ0) is 14.7. The molecule has 3 heteroatoms. The van der Waals surface area contributed by atoms with Gasteiger partial charge in [-0.25, -0.2) is 4.39 Å². The number of hydrogen-bond acceptors (Lipinski definition) is 2. The molecule has 2 aliphatic rings. The van der Waals surface area contributed by atoms with Crippen LogP contribution in [0.1, 0.15) is 44.6 Å². The average Bonchev–Trinajstić information content (AvgIpc) is 2.52. The van der Waals surface area contributed by atoms with Crippen molar-refractivity contribution in [3.8, 4) is 0 Å². The molecule has 0 spiro atoms.